The van der Waals surface area contributed by atoms with E-state index in [2.05, 4.69) is 15.0 Å². The Kier molecular flexibility index (Phi) is 7.39. The number of nitrogens with two attached hydrogens (primary N) is 1. The molecule has 3 rings (SSSR count). The van der Waals surface area contributed by atoms with Crippen molar-refractivity contribution in [2.75, 3.05) is 25.8 Å². The SMILES string of the molecule is CCc1c(CNS(C)(=O)=O)cccc1Nc1c(CC(N)=O)cnc2cc(OC)c(OC)cc12. The predicted octanol–water partition coefficient (Wildman–Crippen LogP) is 2.63. The number of sulfonamides is 1. The Hall–Kier alpha value is -3.37. The number of fused-ring (bicyclic) bond motifs is 1. The Balaban J connectivity index is 2.17. The molecule has 2 aromatic carbocycles. The van der Waals surface area contributed by atoms with Crippen molar-refractivity contribution in [3.63, 3.8) is 0 Å². The van der Waals surface area contributed by atoms with E-state index in [1.54, 1.807) is 32.5 Å². The molecule has 0 aliphatic carbocycles. The number of primary amides is 1. The largest absolute Gasteiger partial charge is 0.493 e. The summed E-state index contributed by atoms with van der Waals surface area (Å²) in [7, 11) is -0.242. The van der Waals surface area contributed by atoms with Crippen molar-refractivity contribution in [3.05, 3.63) is 53.2 Å². The van der Waals surface area contributed by atoms with Gasteiger partial charge in [0.05, 0.1) is 38.1 Å². The summed E-state index contributed by atoms with van der Waals surface area (Å²) in [6.07, 6.45) is 3.40. The number of hydrogen-bond donors (Lipinski definition) is 3. The van der Waals surface area contributed by atoms with Crippen LogP contribution in [0.1, 0.15) is 23.6 Å². The second-order valence-electron chi connectivity index (χ2n) is 7.54. The molecule has 33 heavy (non-hydrogen) atoms. The number of carbonyl (C=O) groups is 1. The first kappa shape index (κ1) is 24.3. The van der Waals surface area contributed by atoms with Gasteiger partial charge in [0.15, 0.2) is 11.5 Å². The van der Waals surface area contributed by atoms with E-state index in [1.807, 2.05) is 25.1 Å². The number of nitrogens with zero attached hydrogens (tertiary/aromatic N) is 1. The number of benzene rings is 2. The van der Waals surface area contributed by atoms with E-state index in [0.29, 0.717) is 34.7 Å². The van der Waals surface area contributed by atoms with Crippen LogP contribution in [0.15, 0.2) is 36.5 Å². The highest BCUT2D eigenvalue weighted by Gasteiger charge is 2.17. The minimum absolute atomic E-state index is 0.00357. The molecule has 9 nitrogen and oxygen atoms in total. The minimum atomic E-state index is -3.34. The van der Waals surface area contributed by atoms with Crippen LogP contribution in [0.25, 0.3) is 10.9 Å². The third kappa shape index (κ3) is 5.71. The zero-order valence-corrected chi connectivity index (χ0v) is 19.9. The topological polar surface area (TPSA) is 133 Å². The van der Waals surface area contributed by atoms with Crippen molar-refractivity contribution >= 4 is 38.2 Å². The van der Waals surface area contributed by atoms with Crippen LogP contribution < -0.4 is 25.2 Å². The molecule has 0 fully saturated rings. The quantitative estimate of drug-likeness (QED) is 0.413. The monoisotopic (exact) mass is 472 g/mol. The molecule has 0 unspecified atom stereocenters. The number of anilines is 2. The maximum Gasteiger partial charge on any atom is 0.221 e. The molecule has 1 amide bonds. The Bertz CT molecular complexity index is 1290. The summed E-state index contributed by atoms with van der Waals surface area (Å²) in [6.45, 7) is 2.17. The molecule has 1 aromatic heterocycles. The Morgan fingerprint density at radius 1 is 1.12 bits per heavy atom. The molecule has 3 aromatic rings. The molecule has 0 saturated carbocycles. The Morgan fingerprint density at radius 2 is 1.82 bits per heavy atom. The van der Waals surface area contributed by atoms with Crippen molar-refractivity contribution in [2.45, 2.75) is 26.3 Å². The van der Waals surface area contributed by atoms with Gasteiger partial charge in [0.2, 0.25) is 15.9 Å². The number of methoxy groups -OCH3 is 2. The number of carbonyl (C=O) groups excluding carboxylic acids is 1. The van der Waals surface area contributed by atoms with Gasteiger partial charge in [0.1, 0.15) is 0 Å². The first-order valence-electron chi connectivity index (χ1n) is 10.3. The van der Waals surface area contributed by atoms with Crippen LogP contribution >= 0.6 is 0 Å². The summed E-state index contributed by atoms with van der Waals surface area (Å²) < 4.78 is 36.6. The lowest BCUT2D eigenvalue weighted by molar-refractivity contribution is -0.117. The zero-order chi connectivity index (χ0) is 24.2. The van der Waals surface area contributed by atoms with Gasteiger partial charge in [-0.05, 0) is 29.7 Å². The number of rotatable bonds is 10. The third-order valence-electron chi connectivity index (χ3n) is 5.23. The smallest absolute Gasteiger partial charge is 0.221 e. The van der Waals surface area contributed by atoms with Crippen molar-refractivity contribution in [3.8, 4) is 11.5 Å². The highest BCUT2D eigenvalue weighted by atomic mass is 32.2. The zero-order valence-electron chi connectivity index (χ0n) is 19.1. The molecule has 1 heterocycles. The van der Waals surface area contributed by atoms with E-state index >= 15 is 0 Å². The lowest BCUT2D eigenvalue weighted by Gasteiger charge is -2.19. The second kappa shape index (κ2) is 10.1. The summed E-state index contributed by atoms with van der Waals surface area (Å²) in [5.41, 5.74) is 10.0. The van der Waals surface area contributed by atoms with E-state index in [1.165, 1.54) is 0 Å². The second-order valence-corrected chi connectivity index (χ2v) is 9.37. The maximum absolute atomic E-state index is 11.7. The molecular formula is C23H28N4O5S. The Morgan fingerprint density at radius 3 is 2.42 bits per heavy atom. The lowest BCUT2D eigenvalue weighted by Crippen LogP contribution is -2.22. The fourth-order valence-electron chi connectivity index (χ4n) is 3.71. The van der Waals surface area contributed by atoms with Gasteiger partial charge in [-0.15, -0.1) is 0 Å². The lowest BCUT2D eigenvalue weighted by atomic mass is 10.0. The van der Waals surface area contributed by atoms with Gasteiger partial charge in [0.25, 0.3) is 0 Å². The minimum Gasteiger partial charge on any atom is -0.493 e. The van der Waals surface area contributed by atoms with Crippen LogP contribution in [0.5, 0.6) is 11.5 Å². The van der Waals surface area contributed by atoms with Crippen LogP contribution in [-0.4, -0.2) is 39.8 Å². The Labute approximate surface area is 193 Å². The van der Waals surface area contributed by atoms with Gasteiger partial charge in [-0.25, -0.2) is 13.1 Å². The van der Waals surface area contributed by atoms with Gasteiger partial charge < -0.3 is 20.5 Å². The third-order valence-corrected chi connectivity index (χ3v) is 5.90. The predicted molar refractivity (Wildman–Crippen MR) is 129 cm³/mol. The highest BCUT2D eigenvalue weighted by molar-refractivity contribution is 7.88. The summed E-state index contributed by atoms with van der Waals surface area (Å²) in [6, 6.07) is 9.20. The van der Waals surface area contributed by atoms with E-state index in [0.717, 1.165) is 28.5 Å². The fraction of sp³-hybridized carbons (Fsp3) is 0.304. The van der Waals surface area contributed by atoms with E-state index in [-0.39, 0.29) is 13.0 Å². The van der Waals surface area contributed by atoms with E-state index in [4.69, 9.17) is 15.2 Å². The molecule has 0 aliphatic rings. The van der Waals surface area contributed by atoms with Gasteiger partial charge in [-0.3, -0.25) is 9.78 Å². The van der Waals surface area contributed by atoms with Crippen LogP contribution in [-0.2, 0) is 34.2 Å². The molecule has 4 N–H and O–H groups in total. The van der Waals surface area contributed by atoms with E-state index < -0.39 is 15.9 Å². The fourth-order valence-corrected chi connectivity index (χ4v) is 4.13. The molecule has 10 heteroatoms. The molecular weight excluding hydrogens is 444 g/mol. The summed E-state index contributed by atoms with van der Waals surface area (Å²) in [5, 5.41) is 4.18. The maximum atomic E-state index is 11.7. The van der Waals surface area contributed by atoms with Crippen molar-refractivity contribution in [1.29, 1.82) is 0 Å². The van der Waals surface area contributed by atoms with Gasteiger partial charge in [0, 0.05) is 35.4 Å². The van der Waals surface area contributed by atoms with E-state index in [9.17, 15) is 13.2 Å². The number of hydrogen-bond acceptors (Lipinski definition) is 7. The van der Waals surface area contributed by atoms with Crippen molar-refractivity contribution < 1.29 is 22.7 Å². The van der Waals surface area contributed by atoms with Crippen molar-refractivity contribution in [2.24, 2.45) is 5.73 Å². The summed E-state index contributed by atoms with van der Waals surface area (Å²) in [4.78, 5) is 16.2. The van der Waals surface area contributed by atoms with Crippen LogP contribution in [0.4, 0.5) is 11.4 Å². The number of nitrogens with one attached hydrogen (secondary N) is 2. The first-order valence-corrected chi connectivity index (χ1v) is 12.2. The molecule has 176 valence electrons. The van der Waals surface area contributed by atoms with Gasteiger partial charge in [-0.2, -0.15) is 0 Å². The van der Waals surface area contributed by atoms with Gasteiger partial charge >= 0.3 is 0 Å². The number of ether oxygens (including phenoxy) is 2. The molecule has 0 bridgehead atoms. The van der Waals surface area contributed by atoms with Crippen LogP contribution in [0.2, 0.25) is 0 Å². The average Bonchev–Trinajstić information content (AvgIpc) is 2.77. The number of amides is 1. The summed E-state index contributed by atoms with van der Waals surface area (Å²) in [5.74, 6) is 0.573. The molecule has 0 atom stereocenters. The van der Waals surface area contributed by atoms with Crippen molar-refractivity contribution in [1.82, 2.24) is 9.71 Å². The summed E-state index contributed by atoms with van der Waals surface area (Å²) >= 11 is 0. The highest BCUT2D eigenvalue weighted by Crippen LogP contribution is 2.38. The van der Waals surface area contributed by atoms with Crippen LogP contribution in [0.3, 0.4) is 0 Å². The molecule has 0 radical (unpaired) electrons. The first-order chi connectivity index (χ1) is 15.7. The normalized spacial score (nSPS) is 11.4. The molecule has 0 saturated heterocycles. The number of pyridine rings is 1. The molecule has 0 aliphatic heterocycles. The van der Waals surface area contributed by atoms with Gasteiger partial charge in [-0.1, -0.05) is 19.1 Å². The average molecular weight is 473 g/mol. The number of aromatic nitrogens is 1. The molecule has 0 spiro atoms. The standard InChI is InChI=1S/C23H28N4O5S/c1-5-16-14(13-26-33(4,29)30)7-6-8-18(16)27-23-15(9-22(24)28)12-25-19-11-21(32-3)20(31-2)10-17(19)23/h6-8,10-12,26H,5,9,13H2,1-4H3,(H2,24,28)(H,25,27). The van der Waals surface area contributed by atoms with Crippen LogP contribution in [0, 0.1) is 0 Å².